The van der Waals surface area contributed by atoms with Crippen LogP contribution in [0.3, 0.4) is 0 Å². The average molecular weight is 152 g/mol. The number of rotatable bonds is 3. The number of nitrogens with zero attached hydrogens (tertiary/aromatic N) is 1. The first-order valence-corrected chi connectivity index (χ1v) is 3.51. The zero-order valence-electron chi connectivity index (χ0n) is 7.46. The third-order valence-electron chi connectivity index (χ3n) is 1.39. The monoisotopic (exact) mass is 152 g/mol. The van der Waals surface area contributed by atoms with Crippen LogP contribution in [0.25, 0.3) is 0 Å². The van der Waals surface area contributed by atoms with Gasteiger partial charge in [-0.25, -0.2) is 0 Å². The third-order valence-corrected chi connectivity index (χ3v) is 1.39. The lowest BCUT2D eigenvalue weighted by molar-refractivity contribution is 0.513. The summed E-state index contributed by atoms with van der Waals surface area (Å²) in [4.78, 5) is 2.00. The molecule has 0 aliphatic rings. The normalized spacial score (nSPS) is 13.0. The van der Waals surface area contributed by atoms with Gasteiger partial charge in [0.25, 0.3) is 0 Å². The molecule has 2 nitrogen and oxygen atoms in total. The Balaban J connectivity index is 4.30. The van der Waals surface area contributed by atoms with Crippen LogP contribution in [0.5, 0.6) is 0 Å². The van der Waals surface area contributed by atoms with Gasteiger partial charge in [-0.3, -0.25) is 0 Å². The second-order valence-electron chi connectivity index (χ2n) is 2.58. The minimum atomic E-state index is 0.728. The summed E-state index contributed by atoms with van der Waals surface area (Å²) in [5.41, 5.74) is 7.46. The van der Waals surface area contributed by atoms with E-state index in [1.54, 1.807) is 12.2 Å². The lowest BCUT2D eigenvalue weighted by Crippen LogP contribution is -2.09. The Kier molecular flexibility index (Phi) is 4.11. The lowest BCUT2D eigenvalue weighted by Gasteiger charge is -2.12. The van der Waals surface area contributed by atoms with E-state index in [0.29, 0.717) is 0 Å². The minimum absolute atomic E-state index is 0.728. The van der Waals surface area contributed by atoms with Crippen LogP contribution in [0.15, 0.2) is 36.2 Å². The first-order valence-electron chi connectivity index (χ1n) is 3.51. The van der Waals surface area contributed by atoms with Crippen molar-refractivity contribution in [2.75, 3.05) is 14.1 Å². The number of hydrogen-bond acceptors (Lipinski definition) is 2. The molecule has 0 amide bonds. The second kappa shape index (κ2) is 4.61. The van der Waals surface area contributed by atoms with Gasteiger partial charge in [-0.15, -0.1) is 0 Å². The van der Waals surface area contributed by atoms with Gasteiger partial charge in [-0.2, -0.15) is 0 Å². The highest BCUT2D eigenvalue weighted by molar-refractivity contribution is 5.22. The third kappa shape index (κ3) is 4.25. The molecule has 0 saturated carbocycles. The van der Waals surface area contributed by atoms with E-state index in [1.165, 1.54) is 0 Å². The van der Waals surface area contributed by atoms with Gasteiger partial charge in [0.15, 0.2) is 0 Å². The van der Waals surface area contributed by atoms with E-state index in [2.05, 4.69) is 6.58 Å². The predicted molar refractivity (Wildman–Crippen MR) is 49.9 cm³/mol. The van der Waals surface area contributed by atoms with Crippen molar-refractivity contribution in [3.05, 3.63) is 36.2 Å². The lowest BCUT2D eigenvalue weighted by atomic mass is 10.3. The molecule has 2 N–H and O–H groups in total. The molecule has 0 fully saturated rings. The van der Waals surface area contributed by atoms with Crippen LogP contribution in [0.2, 0.25) is 0 Å². The molecule has 62 valence electrons. The Morgan fingerprint density at radius 3 is 2.36 bits per heavy atom. The average Bonchev–Trinajstić information content (AvgIpc) is 1.87. The maximum absolute atomic E-state index is 5.61. The number of nitrogens with two attached hydrogens (primary N) is 1. The van der Waals surface area contributed by atoms with Crippen LogP contribution in [0, 0.1) is 0 Å². The maximum Gasteiger partial charge on any atom is 0.0331 e. The molecular formula is C9H16N2. The van der Waals surface area contributed by atoms with Crippen molar-refractivity contribution >= 4 is 0 Å². The summed E-state index contributed by atoms with van der Waals surface area (Å²) < 4.78 is 0. The Labute approximate surface area is 68.7 Å². The van der Waals surface area contributed by atoms with Crippen molar-refractivity contribution < 1.29 is 0 Å². The van der Waals surface area contributed by atoms with Gasteiger partial charge in [0, 0.05) is 25.5 Å². The van der Waals surface area contributed by atoms with Crippen LogP contribution < -0.4 is 5.73 Å². The summed E-state index contributed by atoms with van der Waals surface area (Å²) >= 11 is 0. The van der Waals surface area contributed by atoms with Gasteiger partial charge in [-0.1, -0.05) is 12.7 Å². The number of allylic oxidation sites excluding steroid dienone is 4. The molecule has 0 aromatic rings. The van der Waals surface area contributed by atoms with E-state index in [1.807, 2.05) is 32.0 Å². The van der Waals surface area contributed by atoms with E-state index in [-0.39, 0.29) is 0 Å². The Bertz CT molecular complexity index is 188. The number of hydrogen-bond donors (Lipinski definition) is 1. The second-order valence-corrected chi connectivity index (χ2v) is 2.58. The summed E-state index contributed by atoms with van der Waals surface area (Å²) in [6, 6.07) is 0. The van der Waals surface area contributed by atoms with Gasteiger partial charge in [0.2, 0.25) is 0 Å². The molecule has 0 aliphatic carbocycles. The van der Waals surface area contributed by atoms with Gasteiger partial charge >= 0.3 is 0 Å². The smallest absolute Gasteiger partial charge is 0.0331 e. The van der Waals surface area contributed by atoms with Crippen LogP contribution in [-0.2, 0) is 0 Å². The quantitative estimate of drug-likeness (QED) is 0.621. The fourth-order valence-corrected chi connectivity index (χ4v) is 0.554. The summed E-state index contributed by atoms with van der Waals surface area (Å²) in [6.45, 7) is 5.56. The molecule has 0 aliphatic heterocycles. The first kappa shape index (κ1) is 9.82. The van der Waals surface area contributed by atoms with E-state index >= 15 is 0 Å². The van der Waals surface area contributed by atoms with Gasteiger partial charge in [0.05, 0.1) is 0 Å². The fourth-order valence-electron chi connectivity index (χ4n) is 0.554. The van der Waals surface area contributed by atoms with Gasteiger partial charge in [-0.05, 0) is 19.1 Å². The molecule has 0 saturated heterocycles. The van der Waals surface area contributed by atoms with Crippen molar-refractivity contribution in [2.24, 2.45) is 5.73 Å². The van der Waals surface area contributed by atoms with Gasteiger partial charge < -0.3 is 10.6 Å². The standard InChI is InChI=1S/C9H16N2/c1-5-6-9(10)7-8(2)11(3)4/h5-7H,1,10H2,2-4H3/b8-7-,9-6+. The van der Waals surface area contributed by atoms with E-state index in [4.69, 9.17) is 5.73 Å². The molecule has 0 aromatic heterocycles. The summed E-state index contributed by atoms with van der Waals surface area (Å²) in [6.07, 6.45) is 5.35. The van der Waals surface area contributed by atoms with E-state index in [9.17, 15) is 0 Å². The largest absolute Gasteiger partial charge is 0.399 e. The van der Waals surface area contributed by atoms with Crippen molar-refractivity contribution in [1.29, 1.82) is 0 Å². The molecule has 0 rings (SSSR count). The Hall–Kier alpha value is -1.18. The van der Waals surface area contributed by atoms with E-state index in [0.717, 1.165) is 11.4 Å². The summed E-state index contributed by atoms with van der Waals surface area (Å²) in [7, 11) is 3.96. The topological polar surface area (TPSA) is 29.3 Å². The summed E-state index contributed by atoms with van der Waals surface area (Å²) in [5.74, 6) is 0. The van der Waals surface area contributed by atoms with E-state index < -0.39 is 0 Å². The highest BCUT2D eigenvalue weighted by atomic mass is 15.1. The molecule has 0 unspecified atom stereocenters. The molecule has 0 heterocycles. The van der Waals surface area contributed by atoms with Crippen LogP contribution >= 0.6 is 0 Å². The molecule has 0 radical (unpaired) electrons. The van der Waals surface area contributed by atoms with Crippen molar-refractivity contribution in [2.45, 2.75) is 6.92 Å². The minimum Gasteiger partial charge on any atom is -0.399 e. The highest BCUT2D eigenvalue weighted by Gasteiger charge is 1.89. The van der Waals surface area contributed by atoms with Crippen molar-refractivity contribution in [3.63, 3.8) is 0 Å². The van der Waals surface area contributed by atoms with Crippen LogP contribution in [-0.4, -0.2) is 19.0 Å². The predicted octanol–water partition coefficient (Wildman–Crippen LogP) is 1.48. The highest BCUT2D eigenvalue weighted by Crippen LogP contribution is 1.99. The molecule has 0 atom stereocenters. The summed E-state index contributed by atoms with van der Waals surface area (Å²) in [5, 5.41) is 0. The van der Waals surface area contributed by atoms with Gasteiger partial charge in [0.1, 0.15) is 0 Å². The molecule has 2 heteroatoms. The SMILES string of the molecule is C=C/C=C(N)\C=C(\C)N(C)C. The molecule has 0 spiro atoms. The Morgan fingerprint density at radius 2 is 2.00 bits per heavy atom. The molecule has 0 bridgehead atoms. The Morgan fingerprint density at radius 1 is 1.45 bits per heavy atom. The first-order chi connectivity index (χ1) is 5.07. The van der Waals surface area contributed by atoms with Crippen molar-refractivity contribution in [1.82, 2.24) is 4.90 Å². The van der Waals surface area contributed by atoms with Crippen LogP contribution in [0.1, 0.15) is 6.92 Å². The van der Waals surface area contributed by atoms with Crippen molar-refractivity contribution in [3.8, 4) is 0 Å². The molecule has 11 heavy (non-hydrogen) atoms. The zero-order valence-corrected chi connectivity index (χ0v) is 7.46. The van der Waals surface area contributed by atoms with Crippen LogP contribution in [0.4, 0.5) is 0 Å². The fraction of sp³-hybridized carbons (Fsp3) is 0.333. The zero-order chi connectivity index (χ0) is 8.85. The molecular weight excluding hydrogens is 136 g/mol. The molecule has 0 aromatic carbocycles. The maximum atomic E-state index is 5.61.